The van der Waals surface area contributed by atoms with Gasteiger partial charge in [0, 0.05) is 12.8 Å². The molecule has 0 aromatic heterocycles. The first-order valence-corrected chi connectivity index (χ1v) is 16.9. The van der Waals surface area contributed by atoms with Crippen LogP contribution in [0, 0.1) is 0 Å². The molecular weight excluding hydrogens is 446 g/mol. The number of alkyl halides is 6. The van der Waals surface area contributed by atoms with E-state index in [0.29, 0.717) is 6.42 Å². The number of hydrogen-bond donors (Lipinski definition) is 0. The van der Waals surface area contributed by atoms with Gasteiger partial charge in [0.05, 0.1) is 16.1 Å². The molecule has 0 spiro atoms. The third-order valence-electron chi connectivity index (χ3n) is 6.52. The van der Waals surface area contributed by atoms with Gasteiger partial charge in [0.1, 0.15) is 0 Å². The van der Waals surface area contributed by atoms with Crippen molar-refractivity contribution in [2.24, 2.45) is 0 Å². The minimum Gasteiger partial charge on any atom is -0.171 e. The van der Waals surface area contributed by atoms with Gasteiger partial charge in [-0.1, -0.05) is 73.0 Å². The fourth-order valence-electron chi connectivity index (χ4n) is 4.68. The van der Waals surface area contributed by atoms with Crippen molar-refractivity contribution in [3.8, 4) is 11.1 Å². The van der Waals surface area contributed by atoms with Crippen molar-refractivity contribution in [1.29, 1.82) is 0 Å². The molecule has 0 atom stereocenters. The normalized spacial score (nSPS) is 14.5. The second-order valence-electron chi connectivity index (χ2n) is 9.84. The molecule has 170 valence electrons. The molecule has 1 aliphatic rings. The van der Waals surface area contributed by atoms with E-state index in [-0.39, 0.29) is 12.1 Å². The summed E-state index contributed by atoms with van der Waals surface area (Å²) in [6.45, 7) is 7.89. The van der Waals surface area contributed by atoms with E-state index in [1.807, 2.05) is 62.6 Å². The van der Waals surface area contributed by atoms with E-state index in [9.17, 15) is 26.3 Å². The minimum absolute atomic E-state index is 0.127. The lowest BCUT2D eigenvalue weighted by Gasteiger charge is -2.27. The largest absolute Gasteiger partial charge is 0.388 e. The van der Waals surface area contributed by atoms with Crippen LogP contribution in [0.3, 0.4) is 0 Å². The number of halogens is 6. The Hall–Kier alpha value is -1.55. The summed E-state index contributed by atoms with van der Waals surface area (Å²) in [6, 6.07) is 12.0. The molecule has 2 aromatic rings. The van der Waals surface area contributed by atoms with E-state index in [2.05, 4.69) is 0 Å². The van der Waals surface area contributed by atoms with Gasteiger partial charge in [0.25, 0.3) is 0 Å². The van der Waals surface area contributed by atoms with Crippen molar-refractivity contribution in [1.82, 2.24) is 0 Å². The van der Waals surface area contributed by atoms with Gasteiger partial charge in [-0.2, -0.15) is 26.3 Å². The maximum absolute atomic E-state index is 12.9. The summed E-state index contributed by atoms with van der Waals surface area (Å²) >= 11 is 0. The first-order valence-electron chi connectivity index (χ1n) is 10.5. The Bertz CT molecular complexity index is 880. The molecule has 1 aliphatic carbocycles. The average Bonchev–Trinajstić information content (AvgIpc) is 3.02. The highest BCUT2D eigenvalue weighted by Gasteiger charge is 2.38. The van der Waals surface area contributed by atoms with Crippen molar-refractivity contribution in [2.45, 2.75) is 69.9 Å². The molecule has 0 radical (unpaired) electrons. The van der Waals surface area contributed by atoms with Crippen LogP contribution >= 0.6 is 0 Å². The van der Waals surface area contributed by atoms with Gasteiger partial charge in [0.2, 0.25) is 0 Å². The highest BCUT2D eigenvalue weighted by atomic mass is 28.3. The second-order valence-corrected chi connectivity index (χ2v) is 19.5. The van der Waals surface area contributed by atoms with Gasteiger partial charge in [-0.05, 0) is 40.8 Å². The third kappa shape index (κ3) is 5.45. The Morgan fingerprint density at radius 1 is 0.645 bits per heavy atom. The molecule has 31 heavy (non-hydrogen) atoms. The zero-order valence-corrected chi connectivity index (χ0v) is 20.3. The van der Waals surface area contributed by atoms with Crippen molar-refractivity contribution in [2.75, 3.05) is 0 Å². The summed E-state index contributed by atoms with van der Waals surface area (Å²) in [6.07, 6.45) is -9.32. The maximum Gasteiger partial charge on any atom is 0.388 e. The molecule has 0 nitrogen and oxygen atoms in total. The van der Waals surface area contributed by atoms with Crippen LogP contribution in [0.5, 0.6) is 0 Å². The molecule has 0 bridgehead atoms. The lowest BCUT2D eigenvalue weighted by Crippen LogP contribution is -2.45. The molecule has 0 saturated heterocycles. The van der Waals surface area contributed by atoms with E-state index in [4.69, 9.17) is 0 Å². The third-order valence-corrected chi connectivity index (χ3v) is 13.4. The van der Waals surface area contributed by atoms with E-state index < -0.39 is 41.3 Å². The Kier molecular flexibility index (Phi) is 6.30. The van der Waals surface area contributed by atoms with Crippen molar-refractivity contribution in [3.63, 3.8) is 0 Å². The monoisotopic (exact) mass is 474 g/mol. The van der Waals surface area contributed by atoms with Crippen LogP contribution in [0.2, 0.25) is 38.3 Å². The molecule has 3 rings (SSSR count). The van der Waals surface area contributed by atoms with Gasteiger partial charge >= 0.3 is 12.4 Å². The maximum atomic E-state index is 12.9. The lowest BCUT2D eigenvalue weighted by molar-refractivity contribution is -0.131. The van der Waals surface area contributed by atoms with Crippen molar-refractivity contribution >= 4 is 26.5 Å². The Morgan fingerprint density at radius 2 is 1.00 bits per heavy atom. The van der Waals surface area contributed by atoms with Crippen LogP contribution in [-0.4, -0.2) is 28.5 Å². The number of fused-ring (bicyclic) bond motifs is 3. The van der Waals surface area contributed by atoms with Crippen molar-refractivity contribution < 1.29 is 26.3 Å². The van der Waals surface area contributed by atoms with Gasteiger partial charge in [-0.3, -0.25) is 0 Å². The quantitative estimate of drug-likeness (QED) is 0.267. The highest BCUT2D eigenvalue weighted by molar-refractivity contribution is 6.91. The predicted molar refractivity (Wildman–Crippen MR) is 120 cm³/mol. The summed E-state index contributed by atoms with van der Waals surface area (Å²) in [4.78, 5) is 0. The SMILES string of the molecule is C[Si](C)(CCC(F)(F)F)c1cccc2c1Cc1c-2cccc1[Si](C)(C)CCC(F)(F)F. The summed E-state index contributed by atoms with van der Waals surface area (Å²) in [5.41, 5.74) is 4.21. The zero-order valence-electron chi connectivity index (χ0n) is 18.3. The number of rotatable bonds is 6. The first-order chi connectivity index (χ1) is 14.1. The van der Waals surface area contributed by atoms with Crippen molar-refractivity contribution in [3.05, 3.63) is 47.5 Å². The first kappa shape index (κ1) is 24.1. The fourth-order valence-corrected chi connectivity index (χ4v) is 10.2. The minimum atomic E-state index is -4.17. The Labute approximate surface area is 181 Å². The molecule has 0 unspecified atom stereocenters. The van der Waals surface area contributed by atoms with E-state index >= 15 is 0 Å². The van der Waals surface area contributed by atoms with E-state index in [1.165, 1.54) is 0 Å². The average molecular weight is 475 g/mol. The summed E-state index contributed by atoms with van der Waals surface area (Å²) < 4.78 is 77.3. The van der Waals surface area contributed by atoms with Crippen LogP contribution in [0.4, 0.5) is 26.3 Å². The molecule has 0 fully saturated rings. The van der Waals surface area contributed by atoms with Gasteiger partial charge < -0.3 is 0 Å². The smallest absolute Gasteiger partial charge is 0.171 e. The second kappa shape index (κ2) is 8.10. The van der Waals surface area contributed by atoms with Crippen LogP contribution < -0.4 is 10.4 Å². The lowest BCUT2D eigenvalue weighted by atomic mass is 10.1. The van der Waals surface area contributed by atoms with Gasteiger partial charge in [0.15, 0.2) is 0 Å². The van der Waals surface area contributed by atoms with E-state index in [0.717, 1.165) is 32.6 Å². The van der Waals surface area contributed by atoms with Crippen LogP contribution in [0.25, 0.3) is 11.1 Å². The molecule has 8 heteroatoms. The van der Waals surface area contributed by atoms with Crippen LogP contribution in [-0.2, 0) is 6.42 Å². The molecule has 2 aromatic carbocycles. The molecule has 0 amide bonds. The van der Waals surface area contributed by atoms with Crippen LogP contribution in [0.1, 0.15) is 24.0 Å². The topological polar surface area (TPSA) is 0 Å². The molecule has 0 N–H and O–H groups in total. The Morgan fingerprint density at radius 3 is 1.32 bits per heavy atom. The number of benzene rings is 2. The molecular formula is C23H28F6Si2. The summed E-state index contributed by atoms with van der Waals surface area (Å²) in [7, 11) is -4.69. The fraction of sp³-hybridized carbons (Fsp3) is 0.478. The van der Waals surface area contributed by atoms with Gasteiger partial charge in [-0.25, -0.2) is 0 Å². The summed E-state index contributed by atoms with van der Waals surface area (Å²) in [5.74, 6) is 0. The van der Waals surface area contributed by atoms with E-state index in [1.54, 1.807) is 0 Å². The van der Waals surface area contributed by atoms with Gasteiger partial charge in [-0.15, -0.1) is 0 Å². The number of hydrogen-bond acceptors (Lipinski definition) is 0. The highest BCUT2D eigenvalue weighted by Crippen LogP contribution is 2.38. The zero-order chi connectivity index (χ0) is 23.2. The Balaban J connectivity index is 1.98. The molecule has 0 saturated carbocycles. The predicted octanol–water partition coefficient (Wildman–Crippen LogP) is 6.99. The molecule has 0 aliphatic heterocycles. The standard InChI is InChI=1S/C23H28F6Si2/c1-30(2,13-11-22(24,25)26)20-9-5-7-16-17-8-6-10-21(19(17)15-18(16)20)31(3,4)14-12-23(27,28)29/h5-10H,11-15H2,1-4H3. The molecule has 0 heterocycles. The summed E-state index contributed by atoms with van der Waals surface area (Å²) in [5, 5.41) is 2.07. The van der Waals surface area contributed by atoms with Crippen LogP contribution in [0.15, 0.2) is 36.4 Å².